The monoisotopic (exact) mass is 440 g/mol. The fraction of sp³-hybridized carbons (Fsp3) is 0.0455. The first kappa shape index (κ1) is 19.9. The van der Waals surface area contributed by atoms with Crippen LogP contribution in [-0.4, -0.2) is 24.8 Å². The molecule has 8 heteroatoms. The van der Waals surface area contributed by atoms with Crippen LogP contribution in [0.1, 0.15) is 31.1 Å². The number of halogens is 2. The quantitative estimate of drug-likeness (QED) is 0.575. The molecule has 1 aliphatic rings. The fourth-order valence-corrected chi connectivity index (χ4v) is 3.61. The van der Waals surface area contributed by atoms with Crippen LogP contribution in [0.25, 0.3) is 0 Å². The molecule has 0 saturated heterocycles. The molecule has 1 N–H and O–H groups in total. The maximum atomic E-state index is 12.7. The summed E-state index contributed by atoms with van der Waals surface area (Å²) in [5, 5.41) is 3.24. The predicted octanol–water partition coefficient (Wildman–Crippen LogP) is 5.05. The Morgan fingerprint density at radius 1 is 0.933 bits per heavy atom. The van der Waals surface area contributed by atoms with Crippen LogP contribution in [-0.2, 0) is 0 Å². The van der Waals surface area contributed by atoms with Crippen molar-refractivity contribution in [3.8, 4) is 5.75 Å². The molecule has 0 aromatic heterocycles. The largest absolute Gasteiger partial charge is 0.496 e. The molecule has 3 aromatic carbocycles. The van der Waals surface area contributed by atoms with E-state index in [1.165, 1.54) is 25.3 Å². The van der Waals surface area contributed by atoms with Crippen molar-refractivity contribution in [2.24, 2.45) is 0 Å². The smallest absolute Gasteiger partial charge is 0.266 e. The molecule has 30 heavy (non-hydrogen) atoms. The van der Waals surface area contributed by atoms with Crippen molar-refractivity contribution in [1.82, 2.24) is 0 Å². The molecule has 6 nitrogen and oxygen atoms in total. The van der Waals surface area contributed by atoms with E-state index in [1.807, 2.05) is 0 Å². The van der Waals surface area contributed by atoms with Crippen molar-refractivity contribution < 1.29 is 19.1 Å². The summed E-state index contributed by atoms with van der Waals surface area (Å²) in [6.45, 7) is 0. The van der Waals surface area contributed by atoms with E-state index in [0.29, 0.717) is 33.3 Å². The number of anilines is 2. The van der Waals surface area contributed by atoms with E-state index in [0.717, 1.165) is 4.90 Å². The maximum absolute atomic E-state index is 12.7. The van der Waals surface area contributed by atoms with E-state index in [1.54, 1.807) is 42.5 Å². The average molecular weight is 441 g/mol. The Labute approximate surface area is 182 Å². The number of nitrogens with zero attached hydrogens (tertiary/aromatic N) is 1. The number of ether oxygens (including phenoxy) is 1. The van der Waals surface area contributed by atoms with Gasteiger partial charge in [-0.1, -0.05) is 35.3 Å². The molecule has 3 amide bonds. The summed E-state index contributed by atoms with van der Waals surface area (Å²) in [6, 6.07) is 15.8. The number of imide groups is 1. The standard InChI is InChI=1S/C22H14Cl2N2O4/c1-30-19-9-6-12(23)10-16(19)20(27)25-18-8-7-13(11-17(18)24)26-21(28)14-4-2-3-5-15(14)22(26)29/h2-11H,1H3,(H,25,27). The highest BCUT2D eigenvalue weighted by molar-refractivity contribution is 6.37. The van der Waals surface area contributed by atoms with Gasteiger partial charge in [-0.25, -0.2) is 4.90 Å². The van der Waals surface area contributed by atoms with Gasteiger partial charge in [-0.2, -0.15) is 0 Å². The highest BCUT2D eigenvalue weighted by Crippen LogP contribution is 2.33. The number of nitrogens with one attached hydrogen (secondary N) is 1. The first-order valence-electron chi connectivity index (χ1n) is 8.83. The van der Waals surface area contributed by atoms with Crippen LogP contribution in [0.5, 0.6) is 5.75 Å². The van der Waals surface area contributed by atoms with Crippen LogP contribution >= 0.6 is 23.2 Å². The minimum Gasteiger partial charge on any atom is -0.496 e. The van der Waals surface area contributed by atoms with Gasteiger partial charge in [0.15, 0.2) is 0 Å². The second-order valence-corrected chi connectivity index (χ2v) is 7.30. The molecule has 0 unspecified atom stereocenters. The molecule has 4 rings (SSSR count). The molecule has 0 aliphatic carbocycles. The molecule has 0 atom stereocenters. The Bertz CT molecular complexity index is 1170. The van der Waals surface area contributed by atoms with Crippen LogP contribution in [0, 0.1) is 0 Å². The SMILES string of the molecule is COc1ccc(Cl)cc1C(=O)Nc1ccc(N2C(=O)c3ccccc3C2=O)cc1Cl. The zero-order valence-electron chi connectivity index (χ0n) is 15.6. The van der Waals surface area contributed by atoms with E-state index in [2.05, 4.69) is 5.32 Å². The Morgan fingerprint density at radius 3 is 2.20 bits per heavy atom. The number of carbonyl (C=O) groups is 3. The molecule has 0 fully saturated rings. The third kappa shape index (κ3) is 3.40. The molecule has 0 bridgehead atoms. The summed E-state index contributed by atoms with van der Waals surface area (Å²) in [7, 11) is 1.45. The summed E-state index contributed by atoms with van der Waals surface area (Å²) in [5.41, 5.74) is 1.53. The van der Waals surface area contributed by atoms with Crippen molar-refractivity contribution >= 4 is 52.3 Å². The van der Waals surface area contributed by atoms with Crippen molar-refractivity contribution in [3.63, 3.8) is 0 Å². The van der Waals surface area contributed by atoms with Gasteiger partial charge >= 0.3 is 0 Å². The van der Waals surface area contributed by atoms with Crippen LogP contribution < -0.4 is 15.0 Å². The van der Waals surface area contributed by atoms with Crippen molar-refractivity contribution in [3.05, 3.63) is 87.4 Å². The average Bonchev–Trinajstić information content (AvgIpc) is 3.00. The lowest BCUT2D eigenvalue weighted by atomic mass is 10.1. The van der Waals surface area contributed by atoms with Crippen LogP contribution in [0.15, 0.2) is 60.7 Å². The Hall–Kier alpha value is -3.35. The van der Waals surface area contributed by atoms with Gasteiger partial charge in [0.2, 0.25) is 0 Å². The van der Waals surface area contributed by atoms with Crippen molar-refractivity contribution in [2.45, 2.75) is 0 Å². The van der Waals surface area contributed by atoms with Crippen molar-refractivity contribution in [2.75, 3.05) is 17.3 Å². The summed E-state index contributed by atoms with van der Waals surface area (Å²) in [6.07, 6.45) is 0. The number of hydrogen-bond acceptors (Lipinski definition) is 4. The summed E-state index contributed by atoms with van der Waals surface area (Å²) in [5.74, 6) is -0.959. The molecular formula is C22H14Cl2N2O4. The summed E-state index contributed by atoms with van der Waals surface area (Å²) >= 11 is 12.3. The lowest BCUT2D eigenvalue weighted by Gasteiger charge is -2.16. The topological polar surface area (TPSA) is 75.7 Å². The van der Waals surface area contributed by atoms with Crippen LogP contribution in [0.3, 0.4) is 0 Å². The first-order valence-corrected chi connectivity index (χ1v) is 9.58. The second kappa shape index (κ2) is 7.82. The molecule has 0 radical (unpaired) electrons. The normalized spacial score (nSPS) is 12.7. The van der Waals surface area contributed by atoms with E-state index < -0.39 is 17.7 Å². The van der Waals surface area contributed by atoms with Gasteiger partial charge in [0.1, 0.15) is 5.75 Å². The number of fused-ring (bicyclic) bond motifs is 1. The number of methoxy groups -OCH3 is 1. The lowest BCUT2D eigenvalue weighted by Crippen LogP contribution is -2.29. The number of amides is 3. The summed E-state index contributed by atoms with van der Waals surface area (Å²) in [4.78, 5) is 39.0. The molecular weight excluding hydrogens is 427 g/mol. The van der Waals surface area contributed by atoms with Gasteiger partial charge < -0.3 is 10.1 Å². The van der Waals surface area contributed by atoms with Gasteiger partial charge in [-0.15, -0.1) is 0 Å². The minimum absolute atomic E-state index is 0.165. The highest BCUT2D eigenvalue weighted by atomic mass is 35.5. The Morgan fingerprint density at radius 2 is 1.60 bits per heavy atom. The third-order valence-corrected chi connectivity index (χ3v) is 5.21. The van der Waals surface area contributed by atoms with Gasteiger partial charge in [0.25, 0.3) is 17.7 Å². The lowest BCUT2D eigenvalue weighted by molar-refractivity contribution is 0.0924. The Balaban J connectivity index is 1.61. The highest BCUT2D eigenvalue weighted by Gasteiger charge is 2.36. The summed E-state index contributed by atoms with van der Waals surface area (Å²) < 4.78 is 5.20. The third-order valence-electron chi connectivity index (χ3n) is 4.66. The van der Waals surface area contributed by atoms with E-state index >= 15 is 0 Å². The van der Waals surface area contributed by atoms with Crippen LogP contribution in [0.4, 0.5) is 11.4 Å². The first-order chi connectivity index (χ1) is 14.4. The zero-order valence-corrected chi connectivity index (χ0v) is 17.1. The van der Waals surface area contributed by atoms with Gasteiger partial charge in [-0.3, -0.25) is 14.4 Å². The van der Waals surface area contributed by atoms with E-state index in [-0.39, 0.29) is 10.6 Å². The zero-order chi connectivity index (χ0) is 21.4. The van der Waals surface area contributed by atoms with Crippen molar-refractivity contribution in [1.29, 1.82) is 0 Å². The molecule has 1 aliphatic heterocycles. The van der Waals surface area contributed by atoms with Gasteiger partial charge in [0.05, 0.1) is 40.2 Å². The maximum Gasteiger partial charge on any atom is 0.266 e. The minimum atomic E-state index is -0.468. The van der Waals surface area contributed by atoms with E-state index in [4.69, 9.17) is 27.9 Å². The van der Waals surface area contributed by atoms with Gasteiger partial charge in [0, 0.05) is 5.02 Å². The number of rotatable bonds is 4. The number of carbonyl (C=O) groups excluding carboxylic acids is 3. The second-order valence-electron chi connectivity index (χ2n) is 6.45. The fourth-order valence-electron chi connectivity index (χ4n) is 3.22. The predicted molar refractivity (Wildman–Crippen MR) is 115 cm³/mol. The molecule has 1 heterocycles. The van der Waals surface area contributed by atoms with Crippen LogP contribution in [0.2, 0.25) is 10.0 Å². The van der Waals surface area contributed by atoms with Gasteiger partial charge in [-0.05, 0) is 48.5 Å². The molecule has 0 spiro atoms. The molecule has 0 saturated carbocycles. The number of benzene rings is 3. The molecule has 3 aromatic rings. The Kier molecular flexibility index (Phi) is 5.20. The molecule has 150 valence electrons. The number of hydrogen-bond donors (Lipinski definition) is 1. The van der Waals surface area contributed by atoms with E-state index in [9.17, 15) is 14.4 Å².